The van der Waals surface area contributed by atoms with Gasteiger partial charge in [-0.2, -0.15) is 13.2 Å². The molecule has 38 heavy (non-hydrogen) atoms. The molecule has 1 saturated carbocycles. The van der Waals surface area contributed by atoms with Crippen molar-refractivity contribution in [2.75, 3.05) is 12.0 Å². The second-order valence-corrected chi connectivity index (χ2v) is 10.1. The summed E-state index contributed by atoms with van der Waals surface area (Å²) in [4.78, 5) is 22.6. The summed E-state index contributed by atoms with van der Waals surface area (Å²) in [7, 11) is 1.30. The van der Waals surface area contributed by atoms with E-state index in [4.69, 9.17) is 14.0 Å². The van der Waals surface area contributed by atoms with E-state index < -0.39 is 17.7 Å². The van der Waals surface area contributed by atoms with Crippen LogP contribution in [-0.2, 0) is 22.3 Å². The average Bonchev–Trinajstić information content (AvgIpc) is 3.62. The predicted octanol–water partition coefficient (Wildman–Crippen LogP) is 5.53. The molecule has 2 aliphatic heterocycles. The Kier molecular flexibility index (Phi) is 6.33. The van der Waals surface area contributed by atoms with Gasteiger partial charge in [-0.05, 0) is 44.6 Å². The van der Waals surface area contributed by atoms with Crippen molar-refractivity contribution < 1.29 is 32.0 Å². The number of alkyl halides is 3. The Morgan fingerprint density at radius 1 is 1.08 bits per heavy atom. The Morgan fingerprint density at radius 2 is 1.82 bits per heavy atom. The molecule has 2 saturated heterocycles. The van der Waals surface area contributed by atoms with Gasteiger partial charge in [0, 0.05) is 29.1 Å². The molecule has 200 valence electrons. The number of rotatable bonds is 7. The van der Waals surface area contributed by atoms with Gasteiger partial charge in [0.25, 0.3) is 0 Å². The summed E-state index contributed by atoms with van der Waals surface area (Å²) in [5, 5.41) is 4.09. The minimum atomic E-state index is -4.50. The van der Waals surface area contributed by atoms with Gasteiger partial charge in [0.2, 0.25) is 0 Å². The van der Waals surface area contributed by atoms with Crippen molar-refractivity contribution in [2.45, 2.75) is 75.4 Å². The summed E-state index contributed by atoms with van der Waals surface area (Å²) >= 11 is 0. The van der Waals surface area contributed by atoms with Crippen LogP contribution in [0.25, 0.3) is 11.3 Å². The fourth-order valence-corrected chi connectivity index (χ4v) is 5.78. The van der Waals surface area contributed by atoms with E-state index in [0.717, 1.165) is 44.6 Å². The van der Waals surface area contributed by atoms with E-state index in [0.29, 0.717) is 17.1 Å². The largest absolute Gasteiger partial charge is 0.464 e. The van der Waals surface area contributed by atoms with Gasteiger partial charge in [0.15, 0.2) is 5.69 Å². The van der Waals surface area contributed by atoms with E-state index in [2.05, 4.69) is 20.0 Å². The second kappa shape index (κ2) is 9.68. The van der Waals surface area contributed by atoms with Crippen LogP contribution in [0.1, 0.15) is 71.8 Å². The molecule has 0 spiro atoms. The SMILES string of the molecule is COC(=O)c1cnc(N2[C@@H]3CC[C@H]2CC(OCc2c(-c4ccccc4C(F)(F)F)noc2C2CC2)C3)cn1. The molecule has 2 bridgehead atoms. The number of hydrogen-bond donors (Lipinski definition) is 0. The topological polar surface area (TPSA) is 90.6 Å². The normalized spacial score (nSPS) is 23.1. The fourth-order valence-electron chi connectivity index (χ4n) is 5.78. The molecule has 11 heteroatoms. The number of nitrogens with zero attached hydrogens (tertiary/aromatic N) is 4. The second-order valence-electron chi connectivity index (χ2n) is 10.1. The quantitative estimate of drug-likeness (QED) is 0.370. The molecule has 6 rings (SSSR count). The van der Waals surface area contributed by atoms with Gasteiger partial charge in [0.05, 0.1) is 37.8 Å². The lowest BCUT2D eigenvalue weighted by Gasteiger charge is -2.39. The van der Waals surface area contributed by atoms with Crippen LogP contribution in [0.3, 0.4) is 0 Å². The van der Waals surface area contributed by atoms with E-state index in [1.165, 1.54) is 25.4 Å². The van der Waals surface area contributed by atoms with Gasteiger partial charge in [-0.1, -0.05) is 23.4 Å². The summed E-state index contributed by atoms with van der Waals surface area (Å²) in [6.45, 7) is 0.147. The molecule has 2 aromatic heterocycles. The number of anilines is 1. The number of carbonyl (C=O) groups excluding carboxylic acids is 1. The lowest BCUT2D eigenvalue weighted by molar-refractivity contribution is -0.137. The van der Waals surface area contributed by atoms with Gasteiger partial charge in [-0.25, -0.2) is 14.8 Å². The third-order valence-electron chi connectivity index (χ3n) is 7.70. The summed E-state index contributed by atoms with van der Waals surface area (Å²) in [5.74, 6) is 0.996. The third-order valence-corrected chi connectivity index (χ3v) is 7.70. The minimum Gasteiger partial charge on any atom is -0.464 e. The molecule has 0 N–H and O–H groups in total. The van der Waals surface area contributed by atoms with E-state index in [-0.39, 0.29) is 47.7 Å². The molecule has 3 fully saturated rings. The number of hydrogen-bond acceptors (Lipinski definition) is 8. The molecule has 0 amide bonds. The summed E-state index contributed by atoms with van der Waals surface area (Å²) in [6, 6.07) is 5.86. The van der Waals surface area contributed by atoms with Crippen LogP contribution in [0.4, 0.5) is 19.0 Å². The summed E-state index contributed by atoms with van der Waals surface area (Å²) in [5.41, 5.74) is 0.259. The first-order valence-corrected chi connectivity index (χ1v) is 12.8. The van der Waals surface area contributed by atoms with E-state index in [1.54, 1.807) is 12.3 Å². The standard InChI is InChI=1S/C27H27F3N4O4/c1-36-26(35)22-12-32-23(13-31-22)34-16-8-9-17(34)11-18(10-16)37-14-20-24(33-38-25(20)15-6-7-15)19-4-2-3-5-21(19)27(28,29)30/h2-5,12-13,15-18H,6-11,14H2,1H3/t16-,17+,18?. The third kappa shape index (κ3) is 4.63. The minimum absolute atomic E-state index is 0.0121. The zero-order valence-corrected chi connectivity index (χ0v) is 20.8. The van der Waals surface area contributed by atoms with Crippen LogP contribution in [0, 0.1) is 0 Å². The Balaban J connectivity index is 1.19. The highest BCUT2D eigenvalue weighted by Gasteiger charge is 2.43. The van der Waals surface area contributed by atoms with Crippen LogP contribution in [0.15, 0.2) is 41.2 Å². The summed E-state index contributed by atoms with van der Waals surface area (Å²) < 4.78 is 57.9. The monoisotopic (exact) mass is 528 g/mol. The number of benzene rings is 1. The lowest BCUT2D eigenvalue weighted by atomic mass is 9.98. The van der Waals surface area contributed by atoms with E-state index >= 15 is 0 Å². The number of fused-ring (bicyclic) bond motifs is 2. The Bertz CT molecular complexity index is 1310. The van der Waals surface area contributed by atoms with E-state index in [1.807, 2.05) is 0 Å². The van der Waals surface area contributed by atoms with Crippen molar-refractivity contribution in [3.63, 3.8) is 0 Å². The number of carbonyl (C=O) groups is 1. The highest BCUT2D eigenvalue weighted by molar-refractivity contribution is 5.86. The maximum atomic E-state index is 13.7. The molecular formula is C27H27F3N4O4. The Labute approximate surface area is 217 Å². The lowest BCUT2D eigenvalue weighted by Crippen LogP contribution is -2.46. The summed E-state index contributed by atoms with van der Waals surface area (Å²) in [6.07, 6.45) is 3.81. The van der Waals surface area contributed by atoms with Crippen LogP contribution < -0.4 is 4.90 Å². The van der Waals surface area contributed by atoms with Crippen molar-refractivity contribution in [3.8, 4) is 11.3 Å². The Morgan fingerprint density at radius 3 is 2.45 bits per heavy atom. The van der Waals surface area contributed by atoms with Crippen molar-refractivity contribution in [1.82, 2.24) is 15.1 Å². The molecule has 3 aliphatic rings. The molecular weight excluding hydrogens is 501 g/mol. The van der Waals surface area contributed by atoms with Crippen molar-refractivity contribution in [1.29, 1.82) is 0 Å². The van der Waals surface area contributed by atoms with Crippen LogP contribution >= 0.6 is 0 Å². The van der Waals surface area contributed by atoms with Crippen LogP contribution in [-0.4, -0.2) is 46.4 Å². The van der Waals surface area contributed by atoms with Crippen LogP contribution in [0.5, 0.6) is 0 Å². The van der Waals surface area contributed by atoms with Gasteiger partial charge in [0.1, 0.15) is 17.3 Å². The zero-order valence-electron chi connectivity index (χ0n) is 20.8. The van der Waals surface area contributed by atoms with E-state index in [9.17, 15) is 18.0 Å². The van der Waals surface area contributed by atoms with Gasteiger partial charge in [-0.15, -0.1) is 0 Å². The van der Waals surface area contributed by atoms with Crippen molar-refractivity contribution in [2.24, 2.45) is 0 Å². The van der Waals surface area contributed by atoms with Gasteiger partial charge in [-0.3, -0.25) is 0 Å². The number of aromatic nitrogens is 3. The molecule has 1 aliphatic carbocycles. The molecule has 3 atom stereocenters. The number of methoxy groups -OCH3 is 1. The number of piperidine rings is 1. The number of ether oxygens (including phenoxy) is 2. The molecule has 0 radical (unpaired) electrons. The van der Waals surface area contributed by atoms with Gasteiger partial charge < -0.3 is 18.9 Å². The maximum Gasteiger partial charge on any atom is 0.417 e. The molecule has 1 unspecified atom stereocenters. The first-order valence-electron chi connectivity index (χ1n) is 12.8. The average molecular weight is 529 g/mol. The fraction of sp³-hybridized carbons (Fsp3) is 0.481. The highest BCUT2D eigenvalue weighted by atomic mass is 19.4. The number of esters is 1. The first-order chi connectivity index (χ1) is 18.3. The Hall–Kier alpha value is -3.47. The first kappa shape index (κ1) is 24.8. The maximum absolute atomic E-state index is 13.7. The van der Waals surface area contributed by atoms with Crippen molar-refractivity contribution in [3.05, 3.63) is 59.2 Å². The zero-order chi connectivity index (χ0) is 26.4. The smallest absolute Gasteiger partial charge is 0.417 e. The van der Waals surface area contributed by atoms with Crippen LogP contribution in [0.2, 0.25) is 0 Å². The van der Waals surface area contributed by atoms with Gasteiger partial charge >= 0.3 is 12.1 Å². The molecule has 3 aromatic rings. The number of halogens is 3. The molecule has 1 aromatic carbocycles. The molecule has 8 nitrogen and oxygen atoms in total. The molecule has 4 heterocycles. The predicted molar refractivity (Wildman–Crippen MR) is 129 cm³/mol. The highest BCUT2D eigenvalue weighted by Crippen LogP contribution is 2.46. The van der Waals surface area contributed by atoms with Crippen molar-refractivity contribution >= 4 is 11.8 Å².